The van der Waals surface area contributed by atoms with E-state index in [0.29, 0.717) is 0 Å². The second kappa shape index (κ2) is 11.4. The van der Waals surface area contributed by atoms with Crippen LogP contribution in [0.15, 0.2) is 45.6 Å². The Morgan fingerprint density at radius 2 is 1.39 bits per heavy atom. The van der Waals surface area contributed by atoms with Gasteiger partial charge in [0.25, 0.3) is 0 Å². The number of ether oxygens (including phenoxy) is 4. The highest BCUT2D eigenvalue weighted by molar-refractivity contribution is 5.88. The second-order valence-corrected chi connectivity index (χ2v) is 9.65. The first-order valence-electron chi connectivity index (χ1n) is 12.4. The summed E-state index contributed by atoms with van der Waals surface area (Å²) < 4.78 is 27.7. The Kier molecular flexibility index (Phi) is 8.06. The topological polar surface area (TPSA) is 249 Å². The van der Waals surface area contributed by atoms with Gasteiger partial charge in [0.15, 0.2) is 12.1 Å². The molecule has 0 saturated carbocycles. The van der Waals surface area contributed by atoms with Crippen LogP contribution in [0.3, 0.4) is 0 Å². The van der Waals surface area contributed by atoms with Crippen molar-refractivity contribution >= 4 is 11.0 Å². The van der Waals surface area contributed by atoms with Gasteiger partial charge in [-0.05, 0) is 24.3 Å². The first kappa shape index (κ1) is 29.0. The molecule has 0 radical (unpaired) electrons. The summed E-state index contributed by atoms with van der Waals surface area (Å²) in [4.78, 5) is 13.5. The lowest BCUT2D eigenvalue weighted by molar-refractivity contribution is -0.290. The second-order valence-electron chi connectivity index (χ2n) is 9.65. The molecule has 0 unspecified atom stereocenters. The molecule has 3 heterocycles. The predicted octanol–water partition coefficient (Wildman–Crippen LogP) is -1.78. The third-order valence-electron chi connectivity index (χ3n) is 6.87. The predicted molar refractivity (Wildman–Crippen MR) is 134 cm³/mol. The minimum absolute atomic E-state index is 0.102. The molecule has 9 atom stereocenters. The van der Waals surface area contributed by atoms with Crippen molar-refractivity contribution in [2.75, 3.05) is 13.2 Å². The fourth-order valence-electron chi connectivity index (χ4n) is 4.64. The number of benzene rings is 2. The van der Waals surface area contributed by atoms with Crippen LogP contribution in [0.4, 0.5) is 0 Å². The summed E-state index contributed by atoms with van der Waals surface area (Å²) in [6.07, 6.45) is -14.3. The number of phenols is 3. The molecule has 1 aromatic heterocycles. The van der Waals surface area contributed by atoms with Crippen molar-refractivity contribution in [2.45, 2.75) is 55.3 Å². The van der Waals surface area contributed by atoms with Crippen LogP contribution in [0.1, 0.15) is 0 Å². The highest BCUT2D eigenvalue weighted by Gasteiger charge is 2.48. The van der Waals surface area contributed by atoms with Gasteiger partial charge in [0.05, 0.1) is 13.2 Å². The third-order valence-corrected chi connectivity index (χ3v) is 6.87. The summed E-state index contributed by atoms with van der Waals surface area (Å²) in [6, 6.07) is 7.33. The van der Waals surface area contributed by atoms with Gasteiger partial charge in [-0.1, -0.05) is 0 Å². The largest absolute Gasteiger partial charge is 0.508 e. The molecule has 15 nitrogen and oxygen atoms in total. The third kappa shape index (κ3) is 5.42. The number of hydrogen-bond donors (Lipinski definition) is 9. The van der Waals surface area contributed by atoms with Gasteiger partial charge in [-0.25, -0.2) is 0 Å². The molecule has 2 aliphatic heterocycles. The molecule has 9 N–H and O–H groups in total. The minimum atomic E-state index is -1.91. The number of aliphatic hydroxyl groups excluding tert-OH is 6. The monoisotopic (exact) mass is 580 g/mol. The summed E-state index contributed by atoms with van der Waals surface area (Å²) in [5.41, 5.74) is -0.953. The van der Waals surface area contributed by atoms with Gasteiger partial charge in [-0.3, -0.25) is 4.79 Å². The first-order valence-corrected chi connectivity index (χ1v) is 12.4. The number of aliphatic hydroxyl groups is 6. The molecule has 222 valence electrons. The first-order chi connectivity index (χ1) is 19.5. The molecule has 2 aromatic carbocycles. The lowest BCUT2D eigenvalue weighted by atomic mass is 9.99. The fraction of sp³-hybridized carbons (Fsp3) is 0.423. The summed E-state index contributed by atoms with van der Waals surface area (Å²) in [7, 11) is 0. The maximum Gasteiger partial charge on any atom is 0.239 e. The lowest BCUT2D eigenvalue weighted by Gasteiger charge is -2.40. The molecular formula is C26H28O15. The standard InChI is InChI=1S/C26H28O15/c27-7-14-17(31)21(35)25(39-14)37-8-15-18(32)20(34)22(36)26(40-15)41-24-19(33)16-12(30)5-11(29)6-13(16)38-23(24)9-1-3-10(28)4-2-9/h1-6,14-15,17-18,20-22,25-32,34-36H,7-8H2/t14-,15-,17-,18-,20+,21+,22-,25-,26+/m1/s1. The Bertz CT molecular complexity index is 1440. The maximum absolute atomic E-state index is 13.5. The van der Waals surface area contributed by atoms with Crippen molar-refractivity contribution in [3.8, 4) is 34.3 Å². The van der Waals surface area contributed by atoms with Crippen molar-refractivity contribution in [2.24, 2.45) is 0 Å². The molecule has 2 aliphatic rings. The van der Waals surface area contributed by atoms with Crippen molar-refractivity contribution in [1.82, 2.24) is 0 Å². The number of rotatable bonds is 7. The van der Waals surface area contributed by atoms with Crippen LogP contribution in [0.5, 0.6) is 23.0 Å². The highest BCUT2D eigenvalue weighted by Crippen LogP contribution is 2.37. The molecular weight excluding hydrogens is 552 g/mol. The van der Waals surface area contributed by atoms with Crippen LogP contribution in [0.25, 0.3) is 22.3 Å². The maximum atomic E-state index is 13.5. The zero-order valence-electron chi connectivity index (χ0n) is 21.0. The van der Waals surface area contributed by atoms with E-state index in [0.717, 1.165) is 12.1 Å². The Morgan fingerprint density at radius 3 is 2.05 bits per heavy atom. The van der Waals surface area contributed by atoms with E-state index in [1.165, 1.54) is 24.3 Å². The van der Waals surface area contributed by atoms with Gasteiger partial charge in [-0.2, -0.15) is 0 Å². The Balaban J connectivity index is 1.46. The molecule has 15 heteroatoms. The van der Waals surface area contributed by atoms with Gasteiger partial charge in [0.1, 0.15) is 70.9 Å². The van der Waals surface area contributed by atoms with E-state index in [1.54, 1.807) is 0 Å². The Morgan fingerprint density at radius 1 is 0.756 bits per heavy atom. The molecule has 0 aliphatic carbocycles. The van der Waals surface area contributed by atoms with Gasteiger partial charge in [-0.15, -0.1) is 0 Å². The van der Waals surface area contributed by atoms with Gasteiger partial charge in [0, 0.05) is 17.7 Å². The van der Waals surface area contributed by atoms with Crippen LogP contribution in [0, 0.1) is 0 Å². The molecule has 2 fully saturated rings. The van der Waals surface area contributed by atoms with E-state index >= 15 is 0 Å². The zero-order valence-corrected chi connectivity index (χ0v) is 21.0. The molecule has 2 saturated heterocycles. The smallest absolute Gasteiger partial charge is 0.239 e. The van der Waals surface area contributed by atoms with E-state index < -0.39 is 91.2 Å². The average Bonchev–Trinajstić information content (AvgIpc) is 3.21. The van der Waals surface area contributed by atoms with Gasteiger partial charge in [0.2, 0.25) is 17.5 Å². The number of hydrogen-bond acceptors (Lipinski definition) is 15. The zero-order chi connectivity index (χ0) is 29.6. The molecule has 41 heavy (non-hydrogen) atoms. The summed E-state index contributed by atoms with van der Waals surface area (Å²) >= 11 is 0. The molecule has 0 bridgehead atoms. The quantitative estimate of drug-likeness (QED) is 0.150. The normalized spacial score (nSPS) is 31.9. The van der Waals surface area contributed by atoms with E-state index in [2.05, 4.69) is 0 Å². The van der Waals surface area contributed by atoms with E-state index in [9.17, 15) is 50.8 Å². The lowest BCUT2D eigenvalue weighted by Crippen LogP contribution is -2.60. The van der Waals surface area contributed by atoms with E-state index in [4.69, 9.17) is 23.4 Å². The Labute approximate surface area is 230 Å². The van der Waals surface area contributed by atoms with Crippen LogP contribution >= 0.6 is 0 Å². The summed E-state index contributed by atoms with van der Waals surface area (Å²) in [5.74, 6) is -1.97. The Hall–Kier alpha value is -3.51. The van der Waals surface area contributed by atoms with Crippen LogP contribution < -0.4 is 10.2 Å². The van der Waals surface area contributed by atoms with E-state index in [-0.39, 0.29) is 28.0 Å². The van der Waals surface area contributed by atoms with Crippen LogP contribution in [-0.2, 0) is 14.2 Å². The number of fused-ring (bicyclic) bond motifs is 1. The molecule has 3 aromatic rings. The van der Waals surface area contributed by atoms with E-state index in [1.807, 2.05) is 0 Å². The van der Waals surface area contributed by atoms with Crippen molar-refractivity contribution < 1.29 is 69.3 Å². The molecule has 0 spiro atoms. The number of phenolic OH excluding ortho intramolecular Hbond substituents is 3. The number of aromatic hydroxyl groups is 3. The molecule has 5 rings (SSSR count). The van der Waals surface area contributed by atoms with Gasteiger partial charge < -0.3 is 69.3 Å². The fourth-order valence-corrected chi connectivity index (χ4v) is 4.64. The average molecular weight is 580 g/mol. The SMILES string of the molecule is O=c1c(O[C@@H]2O[C@H](CO[C@@H]3O[C@H](CO)[C@@H](O)[C@@H]3O)[C@@H](O)[C@H](O)[C@H]2O)c(-c2ccc(O)cc2)oc2cc(O)cc(O)c12. The summed E-state index contributed by atoms with van der Waals surface area (Å²) in [6.45, 7) is -1.16. The van der Waals surface area contributed by atoms with Crippen LogP contribution in [0.2, 0.25) is 0 Å². The summed E-state index contributed by atoms with van der Waals surface area (Å²) in [5, 5.41) is 90.3. The van der Waals surface area contributed by atoms with Crippen molar-refractivity contribution in [3.05, 3.63) is 46.6 Å². The van der Waals surface area contributed by atoms with Crippen molar-refractivity contribution in [3.63, 3.8) is 0 Å². The highest BCUT2D eigenvalue weighted by atomic mass is 16.7. The van der Waals surface area contributed by atoms with Crippen LogP contribution in [-0.4, -0.2) is 114 Å². The van der Waals surface area contributed by atoms with Gasteiger partial charge >= 0.3 is 0 Å². The molecule has 0 amide bonds. The van der Waals surface area contributed by atoms with Crippen molar-refractivity contribution in [1.29, 1.82) is 0 Å². The minimum Gasteiger partial charge on any atom is -0.508 e.